The Morgan fingerprint density at radius 3 is 3.00 bits per heavy atom. The van der Waals surface area contributed by atoms with E-state index in [9.17, 15) is 4.79 Å². The number of amides is 1. The molecule has 0 aliphatic carbocycles. The first-order valence-electron chi connectivity index (χ1n) is 7.60. The van der Waals surface area contributed by atoms with Crippen molar-refractivity contribution < 1.29 is 13.9 Å². The van der Waals surface area contributed by atoms with Gasteiger partial charge in [0.25, 0.3) is 5.91 Å². The number of carbonyl (C=O) groups excluding carboxylic acids is 1. The lowest BCUT2D eigenvalue weighted by Gasteiger charge is -2.24. The molecule has 3 heterocycles. The lowest BCUT2D eigenvalue weighted by atomic mass is 10.1. The summed E-state index contributed by atoms with van der Waals surface area (Å²) in [7, 11) is 0. The van der Waals surface area contributed by atoms with E-state index in [1.807, 2.05) is 30.3 Å². The minimum atomic E-state index is -0.149. The summed E-state index contributed by atoms with van der Waals surface area (Å²) in [6, 6.07) is 9.49. The SMILES string of the molecule is O=C(c1cnn[nH]1)N1CCc2nc(COc3ccccc3)oc2C1. The van der Waals surface area contributed by atoms with E-state index in [1.54, 1.807) is 4.90 Å². The molecule has 0 radical (unpaired) electrons. The molecule has 1 aliphatic rings. The fourth-order valence-corrected chi connectivity index (χ4v) is 2.62. The van der Waals surface area contributed by atoms with Crippen molar-refractivity contribution in [2.45, 2.75) is 19.6 Å². The Balaban J connectivity index is 1.43. The maximum Gasteiger partial charge on any atom is 0.273 e. The van der Waals surface area contributed by atoms with E-state index < -0.39 is 0 Å². The first kappa shape index (κ1) is 14.4. The third-order valence-electron chi connectivity index (χ3n) is 3.81. The van der Waals surface area contributed by atoms with Crippen molar-refractivity contribution in [3.8, 4) is 5.75 Å². The highest BCUT2D eigenvalue weighted by molar-refractivity contribution is 5.91. The summed E-state index contributed by atoms with van der Waals surface area (Å²) in [4.78, 5) is 18.5. The molecular weight excluding hydrogens is 310 g/mol. The van der Waals surface area contributed by atoms with Gasteiger partial charge in [-0.3, -0.25) is 9.89 Å². The van der Waals surface area contributed by atoms with E-state index in [1.165, 1.54) is 6.20 Å². The van der Waals surface area contributed by atoms with Gasteiger partial charge in [-0.05, 0) is 12.1 Å². The summed E-state index contributed by atoms with van der Waals surface area (Å²) in [5.74, 6) is 1.83. The third-order valence-corrected chi connectivity index (χ3v) is 3.81. The number of carbonyl (C=O) groups is 1. The highest BCUT2D eigenvalue weighted by Gasteiger charge is 2.27. The smallest absolute Gasteiger partial charge is 0.273 e. The van der Waals surface area contributed by atoms with Crippen molar-refractivity contribution in [2.24, 2.45) is 0 Å². The van der Waals surface area contributed by atoms with Crippen LogP contribution in [0.4, 0.5) is 0 Å². The van der Waals surface area contributed by atoms with E-state index in [0.29, 0.717) is 36.9 Å². The summed E-state index contributed by atoms with van der Waals surface area (Å²) in [5, 5.41) is 9.78. The number of aromatic nitrogens is 4. The molecule has 0 saturated carbocycles. The number of nitrogens with zero attached hydrogens (tertiary/aromatic N) is 4. The molecule has 8 heteroatoms. The first-order chi connectivity index (χ1) is 11.8. The van der Waals surface area contributed by atoms with Crippen LogP contribution in [0.5, 0.6) is 5.75 Å². The number of rotatable bonds is 4. The predicted octanol–water partition coefficient (Wildman–Crippen LogP) is 1.57. The average Bonchev–Trinajstić information content (AvgIpc) is 3.29. The van der Waals surface area contributed by atoms with Crippen LogP contribution in [0.3, 0.4) is 0 Å². The summed E-state index contributed by atoms with van der Waals surface area (Å²) in [6.07, 6.45) is 2.06. The topological polar surface area (TPSA) is 97.1 Å². The van der Waals surface area contributed by atoms with Gasteiger partial charge in [-0.25, -0.2) is 4.98 Å². The zero-order valence-electron chi connectivity index (χ0n) is 12.8. The van der Waals surface area contributed by atoms with Crippen LogP contribution in [0, 0.1) is 0 Å². The van der Waals surface area contributed by atoms with Crippen LogP contribution in [0.25, 0.3) is 0 Å². The van der Waals surface area contributed by atoms with E-state index in [0.717, 1.165) is 11.4 Å². The molecule has 0 unspecified atom stereocenters. The Bertz CT molecular complexity index is 829. The molecule has 0 saturated heterocycles. The lowest BCUT2D eigenvalue weighted by molar-refractivity contribution is 0.0712. The van der Waals surface area contributed by atoms with Crippen molar-refractivity contribution in [3.05, 3.63) is 59.6 Å². The Kier molecular flexibility index (Phi) is 3.70. The fraction of sp³-hybridized carbons (Fsp3) is 0.250. The zero-order chi connectivity index (χ0) is 16.4. The molecule has 3 aromatic rings. The van der Waals surface area contributed by atoms with Crippen LogP contribution in [0.2, 0.25) is 0 Å². The van der Waals surface area contributed by atoms with Gasteiger partial charge in [-0.1, -0.05) is 23.4 Å². The third kappa shape index (κ3) is 2.85. The molecule has 1 aliphatic heterocycles. The molecule has 8 nitrogen and oxygen atoms in total. The normalized spacial score (nSPS) is 13.6. The number of H-pyrrole nitrogens is 1. The van der Waals surface area contributed by atoms with Gasteiger partial charge in [-0.15, -0.1) is 5.10 Å². The summed E-state index contributed by atoms with van der Waals surface area (Å²) < 4.78 is 11.4. The Labute approximate surface area is 137 Å². The average molecular weight is 325 g/mol. The monoisotopic (exact) mass is 325 g/mol. The molecule has 122 valence electrons. The van der Waals surface area contributed by atoms with E-state index in [-0.39, 0.29) is 12.5 Å². The number of ether oxygens (including phenoxy) is 1. The maximum absolute atomic E-state index is 12.3. The predicted molar refractivity (Wildman–Crippen MR) is 82.1 cm³/mol. The highest BCUT2D eigenvalue weighted by Crippen LogP contribution is 2.22. The van der Waals surface area contributed by atoms with Gasteiger partial charge in [0.2, 0.25) is 5.89 Å². The highest BCUT2D eigenvalue weighted by atomic mass is 16.5. The van der Waals surface area contributed by atoms with Crippen molar-refractivity contribution in [2.75, 3.05) is 6.54 Å². The van der Waals surface area contributed by atoms with Gasteiger partial charge in [0.05, 0.1) is 18.4 Å². The van der Waals surface area contributed by atoms with Gasteiger partial charge in [-0.2, -0.15) is 0 Å². The van der Waals surface area contributed by atoms with Gasteiger partial charge < -0.3 is 14.1 Å². The molecule has 2 aromatic heterocycles. The molecule has 0 bridgehead atoms. The van der Waals surface area contributed by atoms with Gasteiger partial charge in [0.1, 0.15) is 17.2 Å². The zero-order valence-corrected chi connectivity index (χ0v) is 12.8. The lowest BCUT2D eigenvalue weighted by Crippen LogP contribution is -2.35. The number of benzene rings is 1. The Morgan fingerprint density at radius 1 is 1.33 bits per heavy atom. The molecule has 1 aromatic carbocycles. The Hall–Kier alpha value is -3.16. The molecule has 0 spiro atoms. The molecule has 1 N–H and O–H groups in total. The largest absolute Gasteiger partial charge is 0.484 e. The van der Waals surface area contributed by atoms with Crippen molar-refractivity contribution in [1.29, 1.82) is 0 Å². The van der Waals surface area contributed by atoms with Crippen LogP contribution in [0.1, 0.15) is 27.8 Å². The van der Waals surface area contributed by atoms with E-state index in [2.05, 4.69) is 20.4 Å². The summed E-state index contributed by atoms with van der Waals surface area (Å²) >= 11 is 0. The number of nitrogens with one attached hydrogen (secondary N) is 1. The van der Waals surface area contributed by atoms with E-state index >= 15 is 0 Å². The quantitative estimate of drug-likeness (QED) is 0.782. The van der Waals surface area contributed by atoms with Gasteiger partial charge >= 0.3 is 0 Å². The number of hydrogen-bond acceptors (Lipinski definition) is 6. The molecule has 0 fully saturated rings. The minimum Gasteiger partial charge on any atom is -0.484 e. The molecule has 4 rings (SSSR count). The summed E-state index contributed by atoms with van der Waals surface area (Å²) in [5.41, 5.74) is 1.25. The minimum absolute atomic E-state index is 0.149. The van der Waals surface area contributed by atoms with E-state index in [4.69, 9.17) is 9.15 Å². The summed E-state index contributed by atoms with van der Waals surface area (Å²) in [6.45, 7) is 1.22. The van der Waals surface area contributed by atoms with Crippen molar-refractivity contribution >= 4 is 5.91 Å². The molecular formula is C16H15N5O3. The second kappa shape index (κ2) is 6.15. The molecule has 24 heavy (non-hydrogen) atoms. The van der Waals surface area contributed by atoms with Crippen molar-refractivity contribution in [3.63, 3.8) is 0 Å². The van der Waals surface area contributed by atoms with Crippen LogP contribution in [-0.2, 0) is 19.6 Å². The number of para-hydroxylation sites is 1. The van der Waals surface area contributed by atoms with Gasteiger partial charge in [0.15, 0.2) is 6.61 Å². The van der Waals surface area contributed by atoms with Crippen LogP contribution in [-0.4, -0.2) is 37.7 Å². The number of aromatic amines is 1. The number of fused-ring (bicyclic) bond motifs is 1. The second-order valence-electron chi connectivity index (χ2n) is 5.43. The van der Waals surface area contributed by atoms with Crippen LogP contribution >= 0.6 is 0 Å². The maximum atomic E-state index is 12.3. The van der Waals surface area contributed by atoms with Gasteiger partial charge in [0, 0.05) is 13.0 Å². The standard InChI is InChI=1S/C16H15N5O3/c22-16(13-8-17-20-19-13)21-7-6-12-14(9-21)24-15(18-12)10-23-11-4-2-1-3-5-11/h1-5,8H,6-7,9-10H2,(H,17,19,20). The fourth-order valence-electron chi connectivity index (χ4n) is 2.62. The Morgan fingerprint density at radius 2 is 2.21 bits per heavy atom. The van der Waals surface area contributed by atoms with Crippen LogP contribution in [0.15, 0.2) is 40.9 Å². The second-order valence-corrected chi connectivity index (χ2v) is 5.43. The number of hydrogen-bond donors (Lipinski definition) is 1. The number of oxazole rings is 1. The van der Waals surface area contributed by atoms with Crippen LogP contribution < -0.4 is 4.74 Å². The molecule has 1 amide bonds. The van der Waals surface area contributed by atoms with Crippen molar-refractivity contribution in [1.82, 2.24) is 25.3 Å². The first-order valence-corrected chi connectivity index (χ1v) is 7.60. The molecule has 0 atom stereocenters.